The van der Waals surface area contributed by atoms with Crippen molar-refractivity contribution in [1.82, 2.24) is 0 Å². The number of nitrogens with zero attached hydrogens (tertiary/aromatic N) is 1. The molecule has 1 fully saturated rings. The molecule has 1 N–H and O–H groups in total. The van der Waals surface area contributed by atoms with E-state index in [0.29, 0.717) is 0 Å². The predicted molar refractivity (Wildman–Crippen MR) is 83.9 cm³/mol. The Kier molecular flexibility index (Phi) is 5.66. The van der Waals surface area contributed by atoms with Gasteiger partial charge in [0, 0.05) is 17.7 Å². The van der Waals surface area contributed by atoms with Crippen LogP contribution in [0.15, 0.2) is 23.2 Å². The van der Waals surface area contributed by atoms with Gasteiger partial charge in [0.1, 0.15) is 17.2 Å². The van der Waals surface area contributed by atoms with E-state index in [4.69, 9.17) is 9.47 Å². The molecule has 0 spiro atoms. The van der Waals surface area contributed by atoms with Crippen LogP contribution < -0.4 is 0 Å². The zero-order valence-corrected chi connectivity index (χ0v) is 13.8. The summed E-state index contributed by atoms with van der Waals surface area (Å²) in [7, 11) is 0. The van der Waals surface area contributed by atoms with Crippen molar-refractivity contribution in [1.29, 1.82) is 0 Å². The molecular weight excluding hydrogens is 320 g/mol. The van der Waals surface area contributed by atoms with Crippen LogP contribution in [0.25, 0.3) is 0 Å². The number of carbonyl (C=O) groups excluding carboxylic acids is 1. The van der Waals surface area contributed by atoms with Crippen molar-refractivity contribution in [2.75, 3.05) is 6.61 Å². The summed E-state index contributed by atoms with van der Waals surface area (Å²) in [4.78, 5) is 15.4. The average Bonchev–Trinajstić information content (AvgIpc) is 2.46. The van der Waals surface area contributed by atoms with Crippen molar-refractivity contribution in [3.05, 3.63) is 35.4 Å². The van der Waals surface area contributed by atoms with Crippen molar-refractivity contribution in [3.8, 4) is 0 Å². The number of hydrogen-bond donors (Lipinski definition) is 1. The van der Waals surface area contributed by atoms with Gasteiger partial charge in [-0.05, 0) is 45.4 Å². The molecule has 7 heteroatoms. The molecule has 0 aromatic heterocycles. The number of aliphatic imine (C=N–C) groups is 1. The van der Waals surface area contributed by atoms with Gasteiger partial charge in [0.2, 0.25) is 0 Å². The number of halogens is 2. The molecule has 1 aliphatic heterocycles. The lowest BCUT2D eigenvalue weighted by Gasteiger charge is -2.32. The number of aliphatic hydroxyl groups excluding tert-OH is 1. The Hall–Kier alpha value is -1.86. The minimum absolute atomic E-state index is 0.00258. The standard InChI is InChI=1S/C17H21F2NO4/c1-17(2,3)24-16(22)20-8-10-6-12(21)9-23-15(10)13-7-11(18)4-5-14(13)19/h4-5,7-8,10,12,15,21H,6,9H2,1-3H3/b20-8+/t10?,12-,15-/m0/s1. The smallest absolute Gasteiger partial charge is 0.433 e. The number of benzene rings is 1. The summed E-state index contributed by atoms with van der Waals surface area (Å²) < 4.78 is 38.0. The molecule has 1 aromatic rings. The predicted octanol–water partition coefficient (Wildman–Crippen LogP) is 3.41. The van der Waals surface area contributed by atoms with E-state index in [1.807, 2.05) is 0 Å². The Morgan fingerprint density at radius 3 is 2.79 bits per heavy atom. The van der Waals surface area contributed by atoms with E-state index < -0.39 is 41.5 Å². The van der Waals surface area contributed by atoms with E-state index in [-0.39, 0.29) is 18.6 Å². The van der Waals surface area contributed by atoms with Crippen LogP contribution in [0.5, 0.6) is 0 Å². The molecule has 2 rings (SSSR count). The monoisotopic (exact) mass is 341 g/mol. The van der Waals surface area contributed by atoms with Gasteiger partial charge in [-0.3, -0.25) is 0 Å². The molecule has 5 nitrogen and oxygen atoms in total. The molecular formula is C17H21F2NO4. The Balaban J connectivity index is 2.20. The van der Waals surface area contributed by atoms with E-state index in [0.717, 1.165) is 18.2 Å². The second-order valence-corrected chi connectivity index (χ2v) is 6.73. The topological polar surface area (TPSA) is 68.1 Å². The number of aliphatic hydroxyl groups is 1. The van der Waals surface area contributed by atoms with Gasteiger partial charge in [-0.2, -0.15) is 4.99 Å². The lowest BCUT2D eigenvalue weighted by Crippen LogP contribution is -2.34. The Morgan fingerprint density at radius 2 is 2.12 bits per heavy atom. The highest BCUT2D eigenvalue weighted by atomic mass is 19.1. The third kappa shape index (κ3) is 5.07. The molecule has 24 heavy (non-hydrogen) atoms. The van der Waals surface area contributed by atoms with Gasteiger partial charge in [0.25, 0.3) is 0 Å². The van der Waals surface area contributed by atoms with Crippen LogP contribution in [-0.4, -0.2) is 35.7 Å². The fourth-order valence-corrected chi connectivity index (χ4v) is 2.48. The van der Waals surface area contributed by atoms with Crippen molar-refractivity contribution in [3.63, 3.8) is 0 Å². The van der Waals surface area contributed by atoms with E-state index in [9.17, 15) is 18.7 Å². The maximum absolute atomic E-state index is 14.0. The minimum Gasteiger partial charge on any atom is -0.442 e. The molecule has 1 aromatic carbocycles. The van der Waals surface area contributed by atoms with E-state index in [1.165, 1.54) is 6.21 Å². The van der Waals surface area contributed by atoms with Gasteiger partial charge < -0.3 is 14.6 Å². The second kappa shape index (κ2) is 7.36. The highest BCUT2D eigenvalue weighted by Gasteiger charge is 2.33. The third-order valence-electron chi connectivity index (χ3n) is 3.43. The molecule has 0 aliphatic carbocycles. The maximum Gasteiger partial charge on any atom is 0.433 e. The highest BCUT2D eigenvalue weighted by Crippen LogP contribution is 2.34. The first-order valence-corrected chi connectivity index (χ1v) is 7.67. The molecule has 1 aliphatic rings. The Bertz CT molecular complexity index is 628. The highest BCUT2D eigenvalue weighted by molar-refractivity contribution is 5.80. The molecule has 1 unspecified atom stereocenters. The van der Waals surface area contributed by atoms with Crippen molar-refractivity contribution < 1.29 is 28.2 Å². The molecule has 0 radical (unpaired) electrons. The maximum atomic E-state index is 14.0. The Morgan fingerprint density at radius 1 is 1.42 bits per heavy atom. The zero-order valence-electron chi connectivity index (χ0n) is 13.8. The van der Waals surface area contributed by atoms with Gasteiger partial charge in [-0.15, -0.1) is 0 Å². The molecule has 1 amide bonds. The van der Waals surface area contributed by atoms with Crippen LogP contribution in [0.3, 0.4) is 0 Å². The third-order valence-corrected chi connectivity index (χ3v) is 3.43. The minimum atomic E-state index is -0.838. The zero-order chi connectivity index (χ0) is 17.9. The van der Waals surface area contributed by atoms with Gasteiger partial charge in [-0.1, -0.05) is 0 Å². The largest absolute Gasteiger partial charge is 0.442 e. The van der Waals surface area contributed by atoms with Crippen LogP contribution in [0, 0.1) is 17.6 Å². The first kappa shape index (κ1) is 18.5. The molecule has 1 heterocycles. The fourth-order valence-electron chi connectivity index (χ4n) is 2.48. The summed E-state index contributed by atoms with van der Waals surface area (Å²) in [5.41, 5.74) is -0.659. The number of amides is 1. The normalized spacial score (nSPS) is 25.0. The van der Waals surface area contributed by atoms with Crippen molar-refractivity contribution in [2.24, 2.45) is 10.9 Å². The first-order chi connectivity index (χ1) is 11.2. The summed E-state index contributed by atoms with van der Waals surface area (Å²) in [6.07, 6.45) is -0.914. The van der Waals surface area contributed by atoms with Crippen molar-refractivity contribution in [2.45, 2.75) is 45.0 Å². The summed E-state index contributed by atoms with van der Waals surface area (Å²) in [5, 5.41) is 9.75. The average molecular weight is 341 g/mol. The van der Waals surface area contributed by atoms with Crippen molar-refractivity contribution >= 4 is 12.3 Å². The lowest BCUT2D eigenvalue weighted by atomic mass is 9.89. The summed E-state index contributed by atoms with van der Waals surface area (Å²) >= 11 is 0. The van der Waals surface area contributed by atoms with E-state index in [1.54, 1.807) is 20.8 Å². The van der Waals surface area contributed by atoms with E-state index >= 15 is 0 Å². The van der Waals surface area contributed by atoms with Crippen LogP contribution >= 0.6 is 0 Å². The fraction of sp³-hybridized carbons (Fsp3) is 0.529. The van der Waals surface area contributed by atoms with Gasteiger partial charge >= 0.3 is 6.09 Å². The lowest BCUT2D eigenvalue weighted by molar-refractivity contribution is -0.0745. The van der Waals surface area contributed by atoms with Crippen LogP contribution in [-0.2, 0) is 9.47 Å². The molecule has 3 atom stereocenters. The summed E-state index contributed by atoms with van der Waals surface area (Å²) in [5.74, 6) is -1.80. The molecule has 132 valence electrons. The van der Waals surface area contributed by atoms with Gasteiger partial charge in [-0.25, -0.2) is 13.6 Å². The molecule has 0 bridgehead atoms. The second-order valence-electron chi connectivity index (χ2n) is 6.73. The quantitative estimate of drug-likeness (QED) is 0.837. The number of rotatable bonds is 2. The van der Waals surface area contributed by atoms with Crippen LogP contribution in [0.2, 0.25) is 0 Å². The first-order valence-electron chi connectivity index (χ1n) is 7.67. The Labute approximate surface area is 139 Å². The molecule has 1 saturated heterocycles. The number of hydrogen-bond acceptors (Lipinski definition) is 4. The van der Waals surface area contributed by atoms with Crippen LogP contribution in [0.4, 0.5) is 13.6 Å². The number of carbonyl (C=O) groups is 1. The summed E-state index contributed by atoms with van der Waals surface area (Å²) in [6.45, 7) is 5.12. The molecule has 0 saturated carbocycles. The number of ether oxygens (including phenoxy) is 2. The van der Waals surface area contributed by atoms with Crippen LogP contribution in [0.1, 0.15) is 38.9 Å². The SMILES string of the molecule is CC(C)(C)OC(=O)/N=C/C1C[C@H](O)CO[C@@H]1c1cc(F)ccc1F. The van der Waals surface area contributed by atoms with Gasteiger partial charge in [0.15, 0.2) is 0 Å². The summed E-state index contributed by atoms with van der Waals surface area (Å²) in [6, 6.07) is 3.08. The van der Waals surface area contributed by atoms with Gasteiger partial charge in [0.05, 0.1) is 18.8 Å². The van der Waals surface area contributed by atoms with E-state index in [2.05, 4.69) is 4.99 Å².